The molecule has 0 spiro atoms. The summed E-state index contributed by atoms with van der Waals surface area (Å²) < 4.78 is 34.6. The zero-order valence-electron chi connectivity index (χ0n) is 36.5. The minimum Gasteiger partial charge on any atom is -0.459 e. The van der Waals surface area contributed by atoms with Gasteiger partial charge >= 0.3 is 0 Å². The van der Waals surface area contributed by atoms with Crippen LogP contribution in [0.25, 0.3) is 66.4 Å². The first-order chi connectivity index (χ1) is 34.3. The highest BCUT2D eigenvalue weighted by Crippen LogP contribution is 2.50. The van der Waals surface area contributed by atoms with Crippen molar-refractivity contribution in [3.63, 3.8) is 0 Å². The lowest BCUT2D eigenvalue weighted by Crippen LogP contribution is -2.65. The second-order valence-corrected chi connectivity index (χ2v) is 19.1. The van der Waals surface area contributed by atoms with E-state index in [0.717, 1.165) is 162 Å². The molecule has 9 heterocycles. The Balaban J connectivity index is 1.09. The van der Waals surface area contributed by atoms with Crippen LogP contribution in [0.4, 0.5) is 0 Å². The van der Waals surface area contributed by atoms with Crippen LogP contribution in [0, 0.1) is 0 Å². The van der Waals surface area contributed by atoms with E-state index in [2.05, 4.69) is 191 Å². The molecule has 0 saturated heterocycles. The van der Waals surface area contributed by atoms with Gasteiger partial charge in [-0.25, -0.2) is 4.98 Å². The Labute approximate surface area is 395 Å². The number of ether oxygens (including phenoxy) is 4. The van der Waals surface area contributed by atoms with Gasteiger partial charge in [-0.15, -0.1) is 0 Å². The first kappa shape index (κ1) is 35.3. The van der Waals surface area contributed by atoms with E-state index in [0.29, 0.717) is 0 Å². The predicted octanol–water partition coefficient (Wildman–Crippen LogP) is 7.54. The Morgan fingerprint density at radius 2 is 0.783 bits per heavy atom. The molecule has 0 N–H and O–H groups in total. The highest BCUT2D eigenvalue weighted by Gasteiger charge is 2.53. The lowest BCUT2D eigenvalue weighted by atomic mass is 9.29. The van der Waals surface area contributed by atoms with E-state index in [9.17, 15) is 0 Å². The summed E-state index contributed by atoms with van der Waals surface area (Å²) in [4.78, 5) is 5.83. The number of hydrogen-bond donors (Lipinski definition) is 0. The molecule has 0 atom stereocenters. The van der Waals surface area contributed by atoms with Gasteiger partial charge in [-0.05, 0) is 80.7 Å². The van der Waals surface area contributed by atoms with Gasteiger partial charge in [-0.1, -0.05) is 140 Å². The Morgan fingerprint density at radius 3 is 1.30 bits per heavy atom. The maximum Gasteiger partial charge on any atom is 0.264 e. The molecule has 0 bridgehead atoms. The molecule has 12 aromatic rings. The maximum atomic E-state index is 7.54. The fourth-order valence-corrected chi connectivity index (χ4v) is 13.4. The molecule has 10 heteroatoms. The number of benzene rings is 9. The van der Waals surface area contributed by atoms with Gasteiger partial charge in [0.2, 0.25) is 0 Å². The van der Waals surface area contributed by atoms with Gasteiger partial charge in [0.25, 0.3) is 20.1 Å². The molecule has 0 saturated carbocycles. The van der Waals surface area contributed by atoms with Crippen molar-refractivity contribution in [2.75, 3.05) is 0 Å². The summed E-state index contributed by atoms with van der Waals surface area (Å²) in [6, 6.07) is 64.6. The van der Waals surface area contributed by atoms with Gasteiger partial charge < -0.3 is 23.5 Å². The second kappa shape index (κ2) is 12.2. The predicted molar refractivity (Wildman–Crippen MR) is 278 cm³/mol. The standard InChI is InChI=1S/C59H30B3N3O4/c1-2-16-31(17-3-1)38-30-41-48-59(63-38)65-40-25-11-5-19-33(40)47-54(65)50(58-52-56(47)67-43-27-13-7-21-35(43)61(52)37-23-9-15-29-45(37)69-58)62(48)49-53-46(32-18-4-10-24-39(32)64(41)53)55-51-57(49)68-44-28-14-8-22-36(44)60(51)34-20-6-12-26-42(34)66-55/h1-30H. The average Bonchev–Trinajstić information content (AvgIpc) is 3.94. The molecule has 0 unspecified atom stereocenters. The molecule has 18 rings (SSSR count). The maximum absolute atomic E-state index is 7.54. The molecule has 0 radical (unpaired) electrons. The van der Waals surface area contributed by atoms with Crippen molar-refractivity contribution in [1.82, 2.24) is 14.1 Å². The third kappa shape index (κ3) is 4.09. The van der Waals surface area contributed by atoms with Gasteiger partial charge in [0.1, 0.15) is 51.8 Å². The summed E-state index contributed by atoms with van der Waals surface area (Å²) in [5.74, 6) is 7.60. The highest BCUT2D eigenvalue weighted by atomic mass is 16.5. The summed E-state index contributed by atoms with van der Waals surface area (Å²) in [5, 5.41) is 4.34. The summed E-state index contributed by atoms with van der Waals surface area (Å²) >= 11 is 0. The van der Waals surface area contributed by atoms with Crippen LogP contribution in [0.1, 0.15) is 0 Å². The lowest BCUT2D eigenvalue weighted by Gasteiger charge is -2.41. The van der Waals surface area contributed by atoms with Crippen molar-refractivity contribution < 1.29 is 18.9 Å². The molecule has 69 heavy (non-hydrogen) atoms. The molecular weight excluding hydrogens is 847 g/mol. The molecular formula is C59H30B3N3O4. The molecule has 314 valence electrons. The third-order valence-corrected chi connectivity index (χ3v) is 15.9. The Bertz CT molecular complexity index is 4150. The van der Waals surface area contributed by atoms with E-state index < -0.39 is 6.71 Å². The van der Waals surface area contributed by atoms with Gasteiger partial charge in [0.05, 0.1) is 27.8 Å². The number of pyridine rings is 1. The van der Waals surface area contributed by atoms with E-state index in [1.165, 1.54) is 0 Å². The number of aromatic nitrogens is 3. The fourth-order valence-electron chi connectivity index (χ4n) is 13.4. The van der Waals surface area contributed by atoms with Crippen LogP contribution >= 0.6 is 0 Å². The SMILES string of the molecule is c1ccc(-c2cc3c4c(n2)-n2c5ccccc5c5c6c7c(c(c52)B4c2c4c5c(c8c9ccccc9n-3c28)Oc2ccccc2B5c2ccccc2O4)Oc2ccccc2B7c2ccccc2O6)cc1. The summed E-state index contributed by atoms with van der Waals surface area (Å²) in [7, 11) is 0. The summed E-state index contributed by atoms with van der Waals surface area (Å²) in [5.41, 5.74) is 17.1. The van der Waals surface area contributed by atoms with Crippen LogP contribution in [-0.2, 0) is 0 Å². The van der Waals surface area contributed by atoms with E-state index in [1.807, 2.05) is 0 Å². The van der Waals surface area contributed by atoms with Crippen molar-refractivity contribution in [2.45, 2.75) is 0 Å². The van der Waals surface area contributed by atoms with Crippen molar-refractivity contribution in [1.29, 1.82) is 0 Å². The number of rotatable bonds is 1. The third-order valence-electron chi connectivity index (χ3n) is 15.9. The smallest absolute Gasteiger partial charge is 0.264 e. The van der Waals surface area contributed by atoms with Crippen LogP contribution in [0.2, 0.25) is 0 Å². The Hall–Kier alpha value is -8.88. The van der Waals surface area contributed by atoms with Gasteiger partial charge in [-0.3, -0.25) is 4.57 Å². The first-order valence-corrected chi connectivity index (χ1v) is 23.7. The number of hydrogen-bond acceptors (Lipinski definition) is 5. The van der Waals surface area contributed by atoms with E-state index in [1.54, 1.807) is 0 Å². The van der Waals surface area contributed by atoms with Crippen molar-refractivity contribution in [3.8, 4) is 68.8 Å². The minimum atomic E-state index is -0.405. The van der Waals surface area contributed by atoms with E-state index >= 15 is 0 Å². The zero-order chi connectivity index (χ0) is 44.4. The van der Waals surface area contributed by atoms with Gasteiger partial charge in [0, 0.05) is 43.7 Å². The van der Waals surface area contributed by atoms with Crippen molar-refractivity contribution in [2.24, 2.45) is 0 Å². The minimum absolute atomic E-state index is 0.138. The van der Waals surface area contributed by atoms with Gasteiger partial charge in [0.15, 0.2) is 0 Å². The Morgan fingerprint density at radius 1 is 0.362 bits per heavy atom. The Kier molecular flexibility index (Phi) is 6.23. The zero-order valence-corrected chi connectivity index (χ0v) is 36.5. The first-order valence-electron chi connectivity index (χ1n) is 23.7. The molecule has 6 aliphatic rings. The number of nitrogens with zero attached hydrogens (tertiary/aromatic N) is 3. The highest BCUT2D eigenvalue weighted by molar-refractivity contribution is 7.05. The molecule has 0 aliphatic carbocycles. The van der Waals surface area contributed by atoms with Crippen LogP contribution in [0.15, 0.2) is 182 Å². The number of para-hydroxylation sites is 6. The molecule has 3 aromatic heterocycles. The second-order valence-electron chi connectivity index (χ2n) is 19.1. The molecule has 9 aromatic carbocycles. The monoisotopic (exact) mass is 877 g/mol. The molecule has 0 fully saturated rings. The van der Waals surface area contributed by atoms with Crippen molar-refractivity contribution >= 4 is 113 Å². The number of fused-ring (bicyclic) bond motifs is 22. The molecule has 7 nitrogen and oxygen atoms in total. The van der Waals surface area contributed by atoms with E-state index in [4.69, 9.17) is 23.9 Å². The van der Waals surface area contributed by atoms with Crippen LogP contribution < -0.4 is 68.1 Å². The quantitative estimate of drug-likeness (QED) is 0.160. The van der Waals surface area contributed by atoms with Gasteiger partial charge in [-0.2, -0.15) is 0 Å². The topological polar surface area (TPSA) is 59.7 Å². The average molecular weight is 877 g/mol. The largest absolute Gasteiger partial charge is 0.459 e. The molecule has 6 aliphatic heterocycles. The normalized spacial score (nSPS) is 14.2. The lowest BCUT2D eigenvalue weighted by molar-refractivity contribution is 0.470. The summed E-state index contributed by atoms with van der Waals surface area (Å²) in [6.07, 6.45) is 0. The van der Waals surface area contributed by atoms with Crippen LogP contribution in [-0.4, -0.2) is 34.3 Å². The molecule has 0 amide bonds. The van der Waals surface area contributed by atoms with Crippen LogP contribution in [0.5, 0.6) is 46.0 Å². The van der Waals surface area contributed by atoms with Crippen LogP contribution in [0.3, 0.4) is 0 Å². The van der Waals surface area contributed by atoms with Crippen molar-refractivity contribution in [3.05, 3.63) is 182 Å². The fraction of sp³-hybridized carbons (Fsp3) is 0. The summed E-state index contributed by atoms with van der Waals surface area (Å²) in [6.45, 7) is -0.680. The van der Waals surface area contributed by atoms with E-state index in [-0.39, 0.29) is 13.4 Å².